The summed E-state index contributed by atoms with van der Waals surface area (Å²) in [4.78, 5) is 20.3. The van der Waals surface area contributed by atoms with Gasteiger partial charge in [-0.15, -0.1) is 23.5 Å². The van der Waals surface area contributed by atoms with Crippen LogP contribution in [0.5, 0.6) is 0 Å². The summed E-state index contributed by atoms with van der Waals surface area (Å²) >= 11 is 5.67. The molecule has 4 aliphatic heterocycles. The molecule has 180 valence electrons. The molecule has 0 spiro atoms. The first kappa shape index (κ1) is 22.8. The Balaban J connectivity index is 1.32. The second kappa shape index (κ2) is 8.08. The molecule has 0 bridgehead atoms. The summed E-state index contributed by atoms with van der Waals surface area (Å²) in [7, 11) is 2.23. The van der Waals surface area contributed by atoms with Crippen LogP contribution in [0.2, 0.25) is 0 Å². The van der Waals surface area contributed by atoms with Gasteiger partial charge in [0.15, 0.2) is 0 Å². The first-order valence-electron chi connectivity index (χ1n) is 12.5. The zero-order valence-electron chi connectivity index (χ0n) is 20.8. The van der Waals surface area contributed by atoms with Crippen LogP contribution in [0.1, 0.15) is 64.7 Å². The Hall–Kier alpha value is -2.34. The smallest absolute Gasteiger partial charge is 0.200 e. The molecule has 4 aliphatic rings. The highest BCUT2D eigenvalue weighted by molar-refractivity contribution is 8.05. The molecule has 0 saturated carbocycles. The van der Waals surface area contributed by atoms with E-state index in [9.17, 15) is 4.79 Å². The molecular weight excluding hydrogens is 499 g/mol. The van der Waals surface area contributed by atoms with Crippen LogP contribution in [0.15, 0.2) is 97.6 Å². The van der Waals surface area contributed by atoms with Crippen molar-refractivity contribution in [1.82, 2.24) is 0 Å². The Morgan fingerprint density at radius 2 is 1.69 bits per heavy atom. The molecule has 3 unspecified atom stereocenters. The highest BCUT2D eigenvalue weighted by Gasteiger charge is 2.48. The predicted molar refractivity (Wildman–Crippen MR) is 154 cm³/mol. The number of hydrogen-bond acceptors (Lipinski definition) is 5. The van der Waals surface area contributed by atoms with Crippen molar-refractivity contribution in [3.63, 3.8) is 0 Å². The van der Waals surface area contributed by atoms with Crippen molar-refractivity contribution < 1.29 is 4.79 Å². The Kier molecular flexibility index (Phi) is 5.12. The molecule has 3 atom stereocenters. The van der Waals surface area contributed by atoms with E-state index in [1.807, 2.05) is 47.8 Å². The van der Waals surface area contributed by atoms with E-state index in [-0.39, 0.29) is 11.2 Å². The molecule has 3 aromatic carbocycles. The zero-order chi connectivity index (χ0) is 24.8. The Morgan fingerprint density at radius 1 is 0.972 bits per heavy atom. The lowest BCUT2D eigenvalue weighted by atomic mass is 9.77. The predicted octanol–water partition coefficient (Wildman–Crippen LogP) is 8.94. The van der Waals surface area contributed by atoms with Gasteiger partial charge >= 0.3 is 0 Å². The number of ketones is 1. The minimum absolute atomic E-state index is 0.0945. The fourth-order valence-corrected chi connectivity index (χ4v) is 10.9. The van der Waals surface area contributed by atoms with Crippen molar-refractivity contribution in [2.24, 2.45) is 0 Å². The second-order valence-corrected chi connectivity index (χ2v) is 13.6. The van der Waals surface area contributed by atoms with Gasteiger partial charge in [-0.2, -0.15) is 0 Å². The number of carbonyl (C=O) groups excluding carboxylic acids is 1. The van der Waals surface area contributed by atoms with Crippen molar-refractivity contribution in [2.75, 3.05) is 11.9 Å². The minimum Gasteiger partial charge on any atom is -0.346 e. The van der Waals surface area contributed by atoms with Crippen LogP contribution in [0, 0.1) is 0 Å². The van der Waals surface area contributed by atoms with Gasteiger partial charge < -0.3 is 4.90 Å². The zero-order valence-corrected chi connectivity index (χ0v) is 23.2. The van der Waals surface area contributed by atoms with Gasteiger partial charge in [0, 0.05) is 38.4 Å². The molecule has 0 amide bonds. The lowest BCUT2D eigenvalue weighted by Gasteiger charge is -2.29. The van der Waals surface area contributed by atoms with Crippen LogP contribution >= 0.6 is 35.3 Å². The number of carbonyl (C=O) groups is 1. The number of fused-ring (bicyclic) bond motifs is 8. The number of allylic oxidation sites excluding steroid dienone is 4. The van der Waals surface area contributed by atoms with Crippen LogP contribution in [-0.4, -0.2) is 12.8 Å². The van der Waals surface area contributed by atoms with Gasteiger partial charge in [-0.25, -0.2) is 0 Å². The monoisotopic (exact) mass is 525 g/mol. The van der Waals surface area contributed by atoms with Gasteiger partial charge in [0.2, 0.25) is 5.78 Å². The van der Waals surface area contributed by atoms with E-state index in [0.717, 1.165) is 21.8 Å². The van der Waals surface area contributed by atoms with Gasteiger partial charge in [-0.1, -0.05) is 61.2 Å². The third-order valence-electron chi connectivity index (χ3n) is 8.26. The van der Waals surface area contributed by atoms with E-state index in [1.165, 1.54) is 43.4 Å². The lowest BCUT2D eigenvalue weighted by molar-refractivity contribution is 0.104. The van der Waals surface area contributed by atoms with Crippen LogP contribution in [0.25, 0.3) is 0 Å². The van der Waals surface area contributed by atoms with Gasteiger partial charge in [0.1, 0.15) is 0 Å². The van der Waals surface area contributed by atoms with Crippen molar-refractivity contribution in [3.8, 4) is 0 Å². The minimum atomic E-state index is -0.0945. The highest BCUT2D eigenvalue weighted by atomic mass is 32.2. The molecule has 0 aromatic heterocycles. The SMILES string of the molecule is CCC1(C)/C(=C(C)/C=C2/Sc3ccccc3C2=O)N(C)c2c1ccc1c2SC2c3ccccc3SC12. The van der Waals surface area contributed by atoms with Gasteiger partial charge in [-0.3, -0.25) is 4.79 Å². The number of hydrogen-bond donors (Lipinski definition) is 0. The van der Waals surface area contributed by atoms with E-state index in [0.29, 0.717) is 10.5 Å². The summed E-state index contributed by atoms with van der Waals surface area (Å²) in [5.74, 6) is 0.145. The summed E-state index contributed by atoms with van der Waals surface area (Å²) in [6.07, 6.45) is 3.14. The molecule has 0 saturated heterocycles. The van der Waals surface area contributed by atoms with Crippen LogP contribution in [-0.2, 0) is 5.41 Å². The molecule has 0 radical (unpaired) electrons. The van der Waals surface area contributed by atoms with Gasteiger partial charge in [0.05, 0.1) is 21.1 Å². The molecule has 7 rings (SSSR count). The standard InChI is InChI=1S/C31H27NOS3/c1-5-31(3)21-15-14-20-27(36-28-19-11-7-9-13-23(19)35-29(20)28)25(21)32(4)30(31)17(2)16-24-26(33)18-10-6-8-12-22(18)34-24/h6-16,28-29H,5H2,1-4H3/b24-16+,30-17-. The van der Waals surface area contributed by atoms with E-state index in [1.54, 1.807) is 11.8 Å². The van der Waals surface area contributed by atoms with Crippen molar-refractivity contribution >= 4 is 46.8 Å². The lowest BCUT2D eigenvalue weighted by Crippen LogP contribution is -2.26. The molecule has 0 aliphatic carbocycles. The molecular formula is C31H27NOS3. The topological polar surface area (TPSA) is 20.3 Å². The van der Waals surface area contributed by atoms with Crippen LogP contribution in [0.4, 0.5) is 5.69 Å². The highest BCUT2D eigenvalue weighted by Crippen LogP contribution is 2.69. The number of likely N-dealkylation sites (N-methyl/N-ethyl adjacent to an activating group) is 1. The largest absolute Gasteiger partial charge is 0.346 e. The third-order valence-corrected chi connectivity index (χ3v) is 12.4. The van der Waals surface area contributed by atoms with Crippen LogP contribution < -0.4 is 4.90 Å². The Labute approximate surface area is 225 Å². The van der Waals surface area contributed by atoms with E-state index >= 15 is 0 Å². The number of thioether (sulfide) groups is 3. The number of Topliss-reactive ketones (excluding diaryl/α,β-unsaturated/α-hetero) is 1. The molecule has 4 heterocycles. The first-order chi connectivity index (χ1) is 17.4. The molecule has 2 nitrogen and oxygen atoms in total. The van der Waals surface area contributed by atoms with Crippen LogP contribution in [0.3, 0.4) is 0 Å². The van der Waals surface area contributed by atoms with E-state index in [4.69, 9.17) is 0 Å². The maximum absolute atomic E-state index is 13.1. The summed E-state index contributed by atoms with van der Waals surface area (Å²) in [6, 6.07) is 21.6. The van der Waals surface area contributed by atoms with Crippen molar-refractivity contribution in [3.05, 3.63) is 105 Å². The maximum Gasteiger partial charge on any atom is 0.200 e. The normalized spacial score (nSPS) is 27.7. The van der Waals surface area contributed by atoms with E-state index in [2.05, 4.69) is 75.2 Å². The first-order valence-corrected chi connectivity index (χ1v) is 15.1. The summed E-state index contributed by atoms with van der Waals surface area (Å²) in [6.45, 7) is 6.85. The third kappa shape index (κ3) is 3.00. The molecule has 0 fully saturated rings. The quantitative estimate of drug-likeness (QED) is 0.310. The average Bonchev–Trinajstić information content (AvgIpc) is 3.58. The fourth-order valence-electron chi connectivity index (χ4n) is 6.44. The average molecular weight is 526 g/mol. The summed E-state index contributed by atoms with van der Waals surface area (Å²) in [5.41, 5.74) is 8.97. The molecule has 36 heavy (non-hydrogen) atoms. The number of nitrogens with zero attached hydrogens (tertiary/aromatic N) is 1. The van der Waals surface area contributed by atoms with Gasteiger partial charge in [0.25, 0.3) is 0 Å². The molecule has 5 heteroatoms. The van der Waals surface area contributed by atoms with Gasteiger partial charge in [-0.05, 0) is 66.8 Å². The maximum atomic E-state index is 13.1. The fraction of sp³-hybridized carbons (Fsp3) is 0.258. The molecule has 3 aromatic rings. The number of anilines is 1. The second-order valence-electron chi connectivity index (χ2n) is 10.2. The van der Waals surface area contributed by atoms with Crippen molar-refractivity contribution in [1.29, 1.82) is 0 Å². The summed E-state index contributed by atoms with van der Waals surface area (Å²) in [5, 5.41) is 0.965. The Morgan fingerprint density at radius 3 is 2.47 bits per heavy atom. The Bertz CT molecular complexity index is 1540. The van der Waals surface area contributed by atoms with Crippen molar-refractivity contribution in [2.45, 2.75) is 57.8 Å². The van der Waals surface area contributed by atoms with E-state index < -0.39 is 0 Å². The number of rotatable bonds is 2. The number of benzene rings is 3. The summed E-state index contributed by atoms with van der Waals surface area (Å²) < 4.78 is 0. The molecule has 0 N–H and O–H groups in total.